The molecule has 1 heterocycles. The van der Waals surface area contributed by atoms with Crippen LogP contribution >= 0.6 is 7.82 Å². The lowest BCUT2D eigenvalue weighted by atomic mass is 9.91. The summed E-state index contributed by atoms with van der Waals surface area (Å²) < 4.78 is 25.6. The van der Waals surface area contributed by atoms with E-state index in [9.17, 15) is 24.4 Å². The van der Waals surface area contributed by atoms with Crippen molar-refractivity contribution in [3.63, 3.8) is 0 Å². The Morgan fingerprint density at radius 1 is 1.03 bits per heavy atom. The molecule has 0 saturated carbocycles. The molecule has 3 atom stereocenters. The van der Waals surface area contributed by atoms with Gasteiger partial charge in [0.25, 0.3) is 5.76 Å². The second-order valence-electron chi connectivity index (χ2n) is 8.45. The van der Waals surface area contributed by atoms with Gasteiger partial charge in [-0.05, 0) is 18.8 Å². The lowest BCUT2D eigenvalue weighted by Crippen LogP contribution is -2.33. The average molecular weight is 495 g/mol. The number of rotatable bonds is 18. The Labute approximate surface area is 195 Å². The zero-order chi connectivity index (χ0) is 24.9. The van der Waals surface area contributed by atoms with E-state index in [1.54, 1.807) is 0 Å². The van der Waals surface area contributed by atoms with Crippen molar-refractivity contribution < 1.29 is 48.2 Å². The fraction of sp³-hybridized carbons (Fsp3) is 0.818. The van der Waals surface area contributed by atoms with Crippen molar-refractivity contribution >= 4 is 19.8 Å². The maximum absolute atomic E-state index is 12.7. The number of phosphoric ester groups is 1. The van der Waals surface area contributed by atoms with Gasteiger partial charge in [0.1, 0.15) is 6.10 Å². The molecule has 1 aliphatic heterocycles. The number of carbonyl (C=O) groups is 2. The summed E-state index contributed by atoms with van der Waals surface area (Å²) in [4.78, 5) is 42.8. The molecule has 10 nitrogen and oxygen atoms in total. The van der Waals surface area contributed by atoms with E-state index in [-0.39, 0.29) is 12.3 Å². The third-order valence-corrected chi connectivity index (χ3v) is 5.93. The summed E-state index contributed by atoms with van der Waals surface area (Å²) in [7, 11) is -5.17. The number of cyclic esters (lactones) is 1. The van der Waals surface area contributed by atoms with Crippen LogP contribution in [0.5, 0.6) is 0 Å². The molecule has 0 aromatic rings. The van der Waals surface area contributed by atoms with Gasteiger partial charge in [0.15, 0.2) is 6.10 Å². The molecule has 0 aromatic heterocycles. The zero-order valence-electron chi connectivity index (χ0n) is 19.6. The largest absolute Gasteiger partial charge is 0.525 e. The molecule has 192 valence electrons. The normalized spacial score (nSPS) is 18.2. The SMILES string of the molecule is CCCCCCCC(CCCCCC)CC(=O)OC1=C(OP(=O)(O)O)C(=O)O[C@@H]1[C@@H](O)CO. The van der Waals surface area contributed by atoms with Gasteiger partial charge >= 0.3 is 19.8 Å². The predicted octanol–water partition coefficient (Wildman–Crippen LogP) is 3.47. The molecule has 0 radical (unpaired) electrons. The van der Waals surface area contributed by atoms with Gasteiger partial charge in [0.05, 0.1) is 6.61 Å². The second-order valence-corrected chi connectivity index (χ2v) is 9.61. The Bertz CT molecular complexity index is 687. The van der Waals surface area contributed by atoms with Crippen LogP contribution in [0, 0.1) is 5.92 Å². The summed E-state index contributed by atoms with van der Waals surface area (Å²) in [6.45, 7) is 3.43. The Hall–Kier alpha value is -1.45. The van der Waals surface area contributed by atoms with E-state index in [4.69, 9.17) is 19.3 Å². The first-order valence-electron chi connectivity index (χ1n) is 11.8. The predicted molar refractivity (Wildman–Crippen MR) is 119 cm³/mol. The van der Waals surface area contributed by atoms with Gasteiger partial charge in [0.2, 0.25) is 5.76 Å². The summed E-state index contributed by atoms with van der Waals surface area (Å²) in [6.07, 6.45) is 8.23. The first-order valence-corrected chi connectivity index (χ1v) is 13.4. The van der Waals surface area contributed by atoms with E-state index in [0.717, 1.165) is 64.2 Å². The van der Waals surface area contributed by atoms with E-state index < -0.39 is 50.1 Å². The van der Waals surface area contributed by atoms with Gasteiger partial charge < -0.3 is 24.2 Å². The lowest BCUT2D eigenvalue weighted by molar-refractivity contribution is -0.151. The van der Waals surface area contributed by atoms with E-state index in [2.05, 4.69) is 18.4 Å². The van der Waals surface area contributed by atoms with Gasteiger partial charge in [-0.1, -0.05) is 71.6 Å². The summed E-state index contributed by atoms with van der Waals surface area (Å²) in [5.41, 5.74) is 0. The smallest absolute Gasteiger partial charge is 0.445 e. The molecular weight excluding hydrogens is 455 g/mol. The highest BCUT2D eigenvalue weighted by Crippen LogP contribution is 2.43. The highest BCUT2D eigenvalue weighted by Gasteiger charge is 2.45. The first kappa shape index (κ1) is 29.6. The summed E-state index contributed by atoms with van der Waals surface area (Å²) in [5, 5.41) is 19.1. The molecule has 0 bridgehead atoms. The molecule has 0 saturated heterocycles. The van der Waals surface area contributed by atoms with Crippen LogP contribution in [0.4, 0.5) is 0 Å². The van der Waals surface area contributed by atoms with Crippen molar-refractivity contribution in [3.8, 4) is 0 Å². The molecule has 0 aliphatic carbocycles. The molecule has 1 rings (SSSR count). The zero-order valence-corrected chi connectivity index (χ0v) is 20.5. The van der Waals surface area contributed by atoms with Crippen LogP contribution < -0.4 is 0 Å². The molecule has 4 N–H and O–H groups in total. The second kappa shape index (κ2) is 15.5. The average Bonchev–Trinajstić information content (AvgIpc) is 3.04. The minimum absolute atomic E-state index is 0.0444. The fourth-order valence-electron chi connectivity index (χ4n) is 3.75. The van der Waals surface area contributed by atoms with E-state index in [1.165, 1.54) is 6.42 Å². The summed E-state index contributed by atoms with van der Waals surface area (Å²) in [6, 6.07) is 0. The first-order chi connectivity index (χ1) is 15.6. The maximum atomic E-state index is 12.7. The quantitative estimate of drug-likeness (QED) is 0.126. The molecule has 11 heteroatoms. The summed E-state index contributed by atoms with van der Waals surface area (Å²) in [5.74, 6) is -3.58. The fourth-order valence-corrected chi connectivity index (χ4v) is 4.15. The minimum atomic E-state index is -5.17. The van der Waals surface area contributed by atoms with Gasteiger partial charge in [-0.15, -0.1) is 0 Å². The molecular formula is C22H39O10P. The van der Waals surface area contributed by atoms with E-state index in [1.807, 2.05) is 0 Å². The van der Waals surface area contributed by atoms with Crippen LogP contribution in [0.1, 0.15) is 90.9 Å². The minimum Gasteiger partial charge on any atom is -0.445 e. The number of esters is 2. The van der Waals surface area contributed by atoms with Gasteiger partial charge in [-0.2, -0.15) is 0 Å². The third kappa shape index (κ3) is 11.5. The topological polar surface area (TPSA) is 160 Å². The molecule has 0 spiro atoms. The Balaban J connectivity index is 2.88. The van der Waals surface area contributed by atoms with Crippen molar-refractivity contribution in [2.24, 2.45) is 5.92 Å². The Morgan fingerprint density at radius 3 is 2.09 bits per heavy atom. The van der Waals surface area contributed by atoms with Crippen LogP contribution in [0.25, 0.3) is 0 Å². The molecule has 0 fully saturated rings. The number of aliphatic hydroxyl groups is 2. The number of carbonyl (C=O) groups excluding carboxylic acids is 2. The van der Waals surface area contributed by atoms with Crippen molar-refractivity contribution in [1.29, 1.82) is 0 Å². The van der Waals surface area contributed by atoms with Crippen molar-refractivity contribution in [2.75, 3.05) is 6.61 Å². The molecule has 0 amide bonds. The van der Waals surface area contributed by atoms with Crippen LogP contribution in [0.3, 0.4) is 0 Å². The highest BCUT2D eigenvalue weighted by molar-refractivity contribution is 7.46. The molecule has 33 heavy (non-hydrogen) atoms. The standard InChI is InChI=1S/C22H39O10P/c1-3-5-7-9-11-13-16(12-10-8-6-4-2)14-18(25)30-20-19(17(24)15-23)31-22(26)21(20)32-33(27,28)29/h16-17,19,23-24H,3-15H2,1-2H3,(H2,27,28,29)/t16?,17-,19+/m0/s1. The number of ether oxygens (including phenoxy) is 2. The van der Waals surface area contributed by atoms with Gasteiger partial charge in [-0.3, -0.25) is 14.6 Å². The van der Waals surface area contributed by atoms with Gasteiger partial charge in [-0.25, -0.2) is 9.36 Å². The number of unbranched alkanes of at least 4 members (excludes halogenated alkanes) is 7. The Morgan fingerprint density at radius 2 is 1.58 bits per heavy atom. The maximum Gasteiger partial charge on any atom is 0.525 e. The van der Waals surface area contributed by atoms with Crippen molar-refractivity contribution in [3.05, 3.63) is 11.5 Å². The van der Waals surface area contributed by atoms with Crippen molar-refractivity contribution in [1.82, 2.24) is 0 Å². The highest BCUT2D eigenvalue weighted by atomic mass is 31.2. The number of phosphoric acid groups is 1. The monoisotopic (exact) mass is 494 g/mol. The van der Waals surface area contributed by atoms with Crippen molar-refractivity contribution in [2.45, 2.75) is 103 Å². The lowest BCUT2D eigenvalue weighted by Gasteiger charge is -2.20. The molecule has 0 aromatic carbocycles. The molecule has 1 aliphatic rings. The van der Waals surface area contributed by atoms with E-state index in [0.29, 0.717) is 0 Å². The number of hydrogen-bond acceptors (Lipinski definition) is 8. The number of hydrogen-bond donors (Lipinski definition) is 4. The summed E-state index contributed by atoms with van der Waals surface area (Å²) >= 11 is 0. The van der Waals surface area contributed by atoms with Gasteiger partial charge in [0, 0.05) is 6.42 Å². The van der Waals surface area contributed by atoms with Crippen LogP contribution in [0.2, 0.25) is 0 Å². The third-order valence-electron chi connectivity index (χ3n) is 5.51. The van der Waals surface area contributed by atoms with Crippen LogP contribution in [-0.2, 0) is 28.2 Å². The Kier molecular flexibility index (Phi) is 13.9. The number of aliphatic hydroxyl groups excluding tert-OH is 2. The van der Waals surface area contributed by atoms with Crippen LogP contribution in [0.15, 0.2) is 11.5 Å². The van der Waals surface area contributed by atoms with Crippen LogP contribution in [-0.4, -0.2) is 50.8 Å². The molecule has 1 unspecified atom stereocenters. The van der Waals surface area contributed by atoms with E-state index >= 15 is 0 Å².